The van der Waals surface area contributed by atoms with Crippen molar-refractivity contribution in [2.75, 3.05) is 29.7 Å². The van der Waals surface area contributed by atoms with Crippen LogP contribution < -0.4 is 21.1 Å². The van der Waals surface area contributed by atoms with E-state index in [1.165, 1.54) is 19.3 Å². The molecule has 0 fully saturated rings. The Morgan fingerprint density at radius 1 is 1.08 bits per heavy atom. The number of benzene rings is 3. The standard InChI is InChI=1S/C29H33N3O5S/c1-19(8-4-7-11-27(34)32-24-10-6-5-9-23(24)30)28(20-12-17-26(36-2)25(33)18-20)37-29(35)31-21-13-15-22(38-3)16-14-21/h5-7,9-19,28,33H,4,8,30H2,1-3H3,(H,31,35)(H,32,34)/b11-7+/t19-,28-/m1/s1. The second-order valence-corrected chi connectivity index (χ2v) is 9.52. The van der Waals surface area contributed by atoms with Gasteiger partial charge in [0.25, 0.3) is 0 Å². The van der Waals surface area contributed by atoms with Gasteiger partial charge in [-0.15, -0.1) is 11.8 Å². The molecule has 3 rings (SSSR count). The van der Waals surface area contributed by atoms with Crippen molar-refractivity contribution in [2.24, 2.45) is 5.92 Å². The molecular weight excluding hydrogens is 502 g/mol. The molecule has 5 N–H and O–H groups in total. The number of allylic oxidation sites excluding steroid dienone is 1. The summed E-state index contributed by atoms with van der Waals surface area (Å²) in [6.07, 6.45) is 5.13. The van der Waals surface area contributed by atoms with E-state index in [0.717, 1.165) is 4.90 Å². The number of nitrogens with one attached hydrogen (secondary N) is 2. The van der Waals surface area contributed by atoms with Crippen LogP contribution in [0.2, 0.25) is 0 Å². The number of carbonyl (C=O) groups excluding carboxylic acids is 2. The van der Waals surface area contributed by atoms with Crippen molar-refractivity contribution < 1.29 is 24.2 Å². The average Bonchev–Trinajstić information content (AvgIpc) is 2.91. The van der Waals surface area contributed by atoms with Gasteiger partial charge < -0.3 is 25.6 Å². The van der Waals surface area contributed by atoms with Gasteiger partial charge in [-0.1, -0.05) is 31.2 Å². The summed E-state index contributed by atoms with van der Waals surface area (Å²) in [4.78, 5) is 26.1. The van der Waals surface area contributed by atoms with Crippen molar-refractivity contribution in [3.63, 3.8) is 0 Å². The number of nitrogen functional groups attached to an aromatic ring is 1. The minimum atomic E-state index is -0.649. The number of thioether (sulfide) groups is 1. The molecule has 0 aliphatic rings. The number of carbonyl (C=O) groups is 2. The molecule has 9 heteroatoms. The molecule has 0 aliphatic heterocycles. The number of phenols is 1. The van der Waals surface area contributed by atoms with Crippen molar-refractivity contribution in [1.29, 1.82) is 0 Å². The molecule has 200 valence electrons. The second-order valence-electron chi connectivity index (χ2n) is 8.64. The molecule has 0 heterocycles. The zero-order valence-corrected chi connectivity index (χ0v) is 22.5. The number of amides is 2. The van der Waals surface area contributed by atoms with Gasteiger partial charge in [0, 0.05) is 10.6 Å². The Hall–Kier alpha value is -4.11. The highest BCUT2D eigenvalue weighted by Gasteiger charge is 2.24. The van der Waals surface area contributed by atoms with E-state index in [4.69, 9.17) is 15.2 Å². The Kier molecular flexibility index (Phi) is 10.5. The number of para-hydroxylation sites is 2. The maximum absolute atomic E-state index is 12.8. The fraction of sp³-hybridized carbons (Fsp3) is 0.241. The molecule has 0 aliphatic carbocycles. The van der Waals surface area contributed by atoms with Gasteiger partial charge in [-0.05, 0) is 85.2 Å². The fourth-order valence-electron chi connectivity index (χ4n) is 3.82. The van der Waals surface area contributed by atoms with Crippen LogP contribution in [0.5, 0.6) is 11.5 Å². The molecule has 0 spiro atoms. The quantitative estimate of drug-likeness (QED) is 0.124. The SMILES string of the molecule is COc1ccc([C@H](OC(=O)Nc2ccc(SC)cc2)[C@H](C)CC/C=C/C(=O)Nc2ccccc2N)cc1O. The van der Waals surface area contributed by atoms with Crippen LogP contribution in [0.15, 0.2) is 83.8 Å². The molecule has 2 amide bonds. The number of nitrogens with two attached hydrogens (primary N) is 1. The van der Waals surface area contributed by atoms with Crippen LogP contribution in [0.25, 0.3) is 0 Å². The van der Waals surface area contributed by atoms with E-state index in [1.807, 2.05) is 37.4 Å². The first kappa shape index (κ1) is 28.5. The van der Waals surface area contributed by atoms with E-state index < -0.39 is 12.2 Å². The molecule has 8 nitrogen and oxygen atoms in total. The Labute approximate surface area is 227 Å². The van der Waals surface area contributed by atoms with Crippen molar-refractivity contribution in [3.8, 4) is 11.5 Å². The smallest absolute Gasteiger partial charge is 0.412 e. The number of aromatic hydroxyl groups is 1. The van der Waals surface area contributed by atoms with Gasteiger partial charge in [-0.25, -0.2) is 4.79 Å². The number of hydrogen-bond donors (Lipinski definition) is 4. The summed E-state index contributed by atoms with van der Waals surface area (Å²) in [6, 6.07) is 19.4. The highest BCUT2D eigenvalue weighted by Crippen LogP contribution is 2.35. The Morgan fingerprint density at radius 3 is 2.47 bits per heavy atom. The summed E-state index contributed by atoms with van der Waals surface area (Å²) in [5.41, 5.74) is 8.16. The minimum Gasteiger partial charge on any atom is -0.504 e. The van der Waals surface area contributed by atoms with E-state index in [0.29, 0.717) is 41.2 Å². The lowest BCUT2D eigenvalue weighted by atomic mass is 9.92. The molecule has 0 bridgehead atoms. The lowest BCUT2D eigenvalue weighted by Crippen LogP contribution is -2.22. The normalized spacial score (nSPS) is 12.5. The average molecular weight is 536 g/mol. The highest BCUT2D eigenvalue weighted by molar-refractivity contribution is 7.98. The number of hydrogen-bond acceptors (Lipinski definition) is 7. The maximum Gasteiger partial charge on any atom is 0.412 e. The van der Waals surface area contributed by atoms with Gasteiger partial charge in [-0.3, -0.25) is 10.1 Å². The molecule has 3 aromatic rings. The van der Waals surface area contributed by atoms with Crippen molar-refractivity contribution in [2.45, 2.75) is 30.8 Å². The summed E-state index contributed by atoms with van der Waals surface area (Å²) in [7, 11) is 1.47. The molecule has 0 saturated carbocycles. The van der Waals surface area contributed by atoms with Crippen LogP contribution in [0.3, 0.4) is 0 Å². The topological polar surface area (TPSA) is 123 Å². The summed E-state index contributed by atoms with van der Waals surface area (Å²) < 4.78 is 11.0. The third kappa shape index (κ3) is 8.21. The number of phenolic OH excluding ortho intramolecular Hbond substituents is 1. The van der Waals surface area contributed by atoms with Crippen molar-refractivity contribution in [3.05, 3.63) is 84.4 Å². The Bertz CT molecular complexity index is 1260. The van der Waals surface area contributed by atoms with E-state index in [-0.39, 0.29) is 17.6 Å². The first-order chi connectivity index (χ1) is 18.3. The minimum absolute atomic E-state index is 0.0457. The van der Waals surface area contributed by atoms with Crippen LogP contribution >= 0.6 is 11.8 Å². The molecule has 0 unspecified atom stereocenters. The lowest BCUT2D eigenvalue weighted by molar-refractivity contribution is -0.111. The fourth-order valence-corrected chi connectivity index (χ4v) is 4.23. The number of methoxy groups -OCH3 is 1. The Morgan fingerprint density at radius 2 is 1.82 bits per heavy atom. The maximum atomic E-state index is 12.8. The molecule has 0 radical (unpaired) electrons. The number of anilines is 3. The molecule has 3 aromatic carbocycles. The molecule has 0 aromatic heterocycles. The number of ether oxygens (including phenoxy) is 2. The predicted octanol–water partition coefficient (Wildman–Crippen LogP) is 6.61. The summed E-state index contributed by atoms with van der Waals surface area (Å²) in [5, 5.41) is 15.8. The van der Waals surface area contributed by atoms with Crippen LogP contribution in [0.1, 0.15) is 31.4 Å². The summed E-state index contributed by atoms with van der Waals surface area (Å²) in [5.74, 6) is -0.137. The number of rotatable bonds is 11. The largest absolute Gasteiger partial charge is 0.504 e. The van der Waals surface area contributed by atoms with E-state index in [2.05, 4.69) is 10.6 Å². The van der Waals surface area contributed by atoms with E-state index in [1.54, 1.807) is 54.2 Å². The zero-order chi connectivity index (χ0) is 27.5. The highest BCUT2D eigenvalue weighted by atomic mass is 32.2. The van der Waals surface area contributed by atoms with Gasteiger partial charge in [0.2, 0.25) is 5.91 Å². The summed E-state index contributed by atoms with van der Waals surface area (Å²) >= 11 is 1.61. The van der Waals surface area contributed by atoms with E-state index >= 15 is 0 Å². The second kappa shape index (κ2) is 14.0. The zero-order valence-electron chi connectivity index (χ0n) is 21.6. The first-order valence-corrected chi connectivity index (χ1v) is 13.3. The van der Waals surface area contributed by atoms with Gasteiger partial charge in [0.05, 0.1) is 18.5 Å². The van der Waals surface area contributed by atoms with E-state index in [9.17, 15) is 14.7 Å². The van der Waals surface area contributed by atoms with Crippen LogP contribution in [0, 0.1) is 5.92 Å². The predicted molar refractivity (Wildman–Crippen MR) is 153 cm³/mol. The first-order valence-electron chi connectivity index (χ1n) is 12.1. The lowest BCUT2D eigenvalue weighted by Gasteiger charge is -2.25. The van der Waals surface area contributed by atoms with Crippen LogP contribution in [-0.2, 0) is 9.53 Å². The van der Waals surface area contributed by atoms with Crippen LogP contribution in [0.4, 0.5) is 21.9 Å². The molecule has 2 atom stereocenters. The third-order valence-electron chi connectivity index (χ3n) is 5.90. The molecular formula is C29H33N3O5S. The third-order valence-corrected chi connectivity index (χ3v) is 6.64. The molecule has 38 heavy (non-hydrogen) atoms. The Balaban J connectivity index is 1.66. The van der Waals surface area contributed by atoms with Gasteiger partial charge in [0.15, 0.2) is 11.5 Å². The van der Waals surface area contributed by atoms with Gasteiger partial charge >= 0.3 is 6.09 Å². The summed E-state index contributed by atoms with van der Waals surface area (Å²) in [6.45, 7) is 1.95. The molecule has 0 saturated heterocycles. The van der Waals surface area contributed by atoms with Crippen LogP contribution in [-0.4, -0.2) is 30.5 Å². The van der Waals surface area contributed by atoms with Crippen molar-refractivity contribution in [1.82, 2.24) is 0 Å². The monoisotopic (exact) mass is 535 g/mol. The van der Waals surface area contributed by atoms with Crippen molar-refractivity contribution >= 4 is 40.8 Å². The van der Waals surface area contributed by atoms with Gasteiger partial charge in [0.1, 0.15) is 6.10 Å². The van der Waals surface area contributed by atoms with Gasteiger partial charge in [-0.2, -0.15) is 0 Å².